The van der Waals surface area contributed by atoms with Crippen LogP contribution in [-0.2, 0) is 6.42 Å². The molecule has 0 fully saturated rings. The first-order valence-corrected chi connectivity index (χ1v) is 6.45. The lowest BCUT2D eigenvalue weighted by molar-refractivity contribution is 0.547. The second-order valence-corrected chi connectivity index (χ2v) is 4.60. The van der Waals surface area contributed by atoms with E-state index in [0.29, 0.717) is 6.04 Å². The lowest BCUT2D eigenvalue weighted by Gasteiger charge is -2.15. The van der Waals surface area contributed by atoms with Gasteiger partial charge in [0.15, 0.2) is 0 Å². The molecule has 2 aromatic rings. The predicted molar refractivity (Wildman–Crippen MR) is 68.7 cm³/mol. The molecule has 1 N–H and O–H groups in total. The molecule has 2 nitrogen and oxygen atoms in total. The van der Waals surface area contributed by atoms with Gasteiger partial charge in [0.05, 0.1) is 6.04 Å². The molecule has 0 bridgehead atoms. The number of hydrogen-bond donors (Lipinski definition) is 1. The molecule has 0 aliphatic carbocycles. The fraction of sp³-hybridized carbons (Fsp3) is 0.308. The fourth-order valence-electron chi connectivity index (χ4n) is 1.75. The van der Waals surface area contributed by atoms with Gasteiger partial charge in [-0.05, 0) is 18.5 Å². The van der Waals surface area contributed by atoms with Crippen molar-refractivity contribution in [3.8, 4) is 0 Å². The van der Waals surface area contributed by atoms with E-state index in [0.717, 1.165) is 13.0 Å². The lowest BCUT2D eigenvalue weighted by Crippen LogP contribution is -2.22. The number of hydrogen-bond acceptors (Lipinski definition) is 3. The number of likely N-dealkylation sites (N-methyl/N-ethyl adjacent to an activating group) is 1. The minimum Gasteiger partial charge on any atom is -0.308 e. The molecule has 0 amide bonds. The molecule has 84 valence electrons. The zero-order chi connectivity index (χ0) is 11.2. The second kappa shape index (κ2) is 5.77. The van der Waals surface area contributed by atoms with Crippen molar-refractivity contribution >= 4 is 11.3 Å². The number of thiazole rings is 1. The summed E-state index contributed by atoms with van der Waals surface area (Å²) in [5.74, 6) is 0. The van der Waals surface area contributed by atoms with Crippen LogP contribution < -0.4 is 5.32 Å². The molecule has 16 heavy (non-hydrogen) atoms. The maximum Gasteiger partial charge on any atom is 0.110 e. The highest BCUT2D eigenvalue weighted by Crippen LogP contribution is 2.20. The van der Waals surface area contributed by atoms with Gasteiger partial charge in [0, 0.05) is 11.6 Å². The van der Waals surface area contributed by atoms with Crippen molar-refractivity contribution in [2.75, 3.05) is 6.54 Å². The first-order chi connectivity index (χ1) is 7.90. The standard InChI is InChI=1S/C13H16N2S/c1-2-14-12(13-15-8-9-16-13)10-11-6-4-3-5-7-11/h3-9,12,14H,2,10H2,1H3. The Kier molecular flexibility index (Phi) is 4.08. The van der Waals surface area contributed by atoms with Crippen molar-refractivity contribution in [3.63, 3.8) is 0 Å². The molecule has 3 heteroatoms. The van der Waals surface area contributed by atoms with Gasteiger partial charge in [0.1, 0.15) is 5.01 Å². The average molecular weight is 232 g/mol. The van der Waals surface area contributed by atoms with Gasteiger partial charge in [0.25, 0.3) is 0 Å². The first kappa shape index (κ1) is 11.3. The molecule has 1 aromatic carbocycles. The van der Waals surface area contributed by atoms with Crippen LogP contribution in [0.3, 0.4) is 0 Å². The largest absolute Gasteiger partial charge is 0.308 e. The van der Waals surface area contributed by atoms with Crippen LogP contribution in [0.5, 0.6) is 0 Å². The molecule has 2 rings (SSSR count). The molecule has 1 unspecified atom stereocenters. The summed E-state index contributed by atoms with van der Waals surface area (Å²) in [5, 5.41) is 6.69. The van der Waals surface area contributed by atoms with Crippen molar-refractivity contribution in [3.05, 3.63) is 52.5 Å². The van der Waals surface area contributed by atoms with E-state index >= 15 is 0 Å². The van der Waals surface area contributed by atoms with E-state index in [4.69, 9.17) is 0 Å². The average Bonchev–Trinajstić information content (AvgIpc) is 2.83. The van der Waals surface area contributed by atoms with E-state index in [2.05, 4.69) is 47.6 Å². The summed E-state index contributed by atoms with van der Waals surface area (Å²) in [4.78, 5) is 4.39. The maximum atomic E-state index is 4.39. The first-order valence-electron chi connectivity index (χ1n) is 5.57. The van der Waals surface area contributed by atoms with Gasteiger partial charge >= 0.3 is 0 Å². The van der Waals surface area contributed by atoms with E-state index < -0.39 is 0 Å². The van der Waals surface area contributed by atoms with Crippen LogP contribution in [-0.4, -0.2) is 11.5 Å². The topological polar surface area (TPSA) is 24.9 Å². The van der Waals surface area contributed by atoms with Gasteiger partial charge in [-0.3, -0.25) is 0 Å². The van der Waals surface area contributed by atoms with Crippen LogP contribution >= 0.6 is 11.3 Å². The van der Waals surface area contributed by atoms with Crippen LogP contribution in [0.15, 0.2) is 41.9 Å². The molecule has 1 aromatic heterocycles. The fourth-order valence-corrected chi connectivity index (χ4v) is 2.46. The Balaban J connectivity index is 2.09. The van der Waals surface area contributed by atoms with Crippen molar-refractivity contribution in [2.45, 2.75) is 19.4 Å². The highest BCUT2D eigenvalue weighted by Gasteiger charge is 2.12. The molecule has 0 aliphatic rings. The van der Waals surface area contributed by atoms with Gasteiger partial charge in [0.2, 0.25) is 0 Å². The summed E-state index contributed by atoms with van der Waals surface area (Å²) < 4.78 is 0. The van der Waals surface area contributed by atoms with Gasteiger partial charge in [-0.2, -0.15) is 0 Å². The molecule has 0 saturated carbocycles. The summed E-state index contributed by atoms with van der Waals surface area (Å²) >= 11 is 1.72. The predicted octanol–water partition coefficient (Wildman–Crippen LogP) is 3.04. The number of nitrogens with zero attached hydrogens (tertiary/aromatic N) is 1. The third-order valence-corrected chi connectivity index (χ3v) is 3.37. The smallest absolute Gasteiger partial charge is 0.110 e. The zero-order valence-electron chi connectivity index (χ0n) is 9.39. The van der Waals surface area contributed by atoms with Crippen molar-refractivity contribution in [2.24, 2.45) is 0 Å². The van der Waals surface area contributed by atoms with Crippen LogP contribution in [0.25, 0.3) is 0 Å². The maximum absolute atomic E-state index is 4.39. The number of rotatable bonds is 5. The van der Waals surface area contributed by atoms with Gasteiger partial charge < -0.3 is 5.32 Å². The van der Waals surface area contributed by atoms with Gasteiger partial charge in [-0.1, -0.05) is 37.3 Å². The second-order valence-electron chi connectivity index (χ2n) is 3.67. The van der Waals surface area contributed by atoms with Gasteiger partial charge in [-0.25, -0.2) is 4.98 Å². The Labute approximate surface area is 100 Å². The SMILES string of the molecule is CCNC(Cc1ccccc1)c1nccs1. The number of aromatic nitrogens is 1. The molecule has 0 saturated heterocycles. The highest BCUT2D eigenvalue weighted by molar-refractivity contribution is 7.09. The van der Waals surface area contributed by atoms with Crippen LogP contribution in [0.2, 0.25) is 0 Å². The van der Waals surface area contributed by atoms with Crippen LogP contribution in [0.1, 0.15) is 23.5 Å². The minimum atomic E-state index is 0.340. The van der Waals surface area contributed by atoms with Crippen LogP contribution in [0.4, 0.5) is 0 Å². The summed E-state index contributed by atoms with van der Waals surface area (Å²) in [6.45, 7) is 3.10. The Morgan fingerprint density at radius 3 is 2.75 bits per heavy atom. The van der Waals surface area contributed by atoms with E-state index in [1.807, 2.05) is 11.6 Å². The molecule has 1 heterocycles. The third kappa shape index (κ3) is 2.90. The molecular weight excluding hydrogens is 216 g/mol. The Morgan fingerprint density at radius 1 is 1.31 bits per heavy atom. The van der Waals surface area contributed by atoms with E-state index in [-0.39, 0.29) is 0 Å². The van der Waals surface area contributed by atoms with Crippen molar-refractivity contribution in [1.29, 1.82) is 0 Å². The number of nitrogens with one attached hydrogen (secondary N) is 1. The Bertz CT molecular complexity index is 397. The normalized spacial score (nSPS) is 12.6. The highest BCUT2D eigenvalue weighted by atomic mass is 32.1. The van der Waals surface area contributed by atoms with Crippen LogP contribution in [0, 0.1) is 0 Å². The molecule has 1 atom stereocenters. The summed E-state index contributed by atoms with van der Waals surface area (Å²) in [6.07, 6.45) is 2.87. The molecule has 0 aliphatic heterocycles. The quantitative estimate of drug-likeness (QED) is 0.857. The monoisotopic (exact) mass is 232 g/mol. The van der Waals surface area contributed by atoms with E-state index in [1.54, 1.807) is 11.3 Å². The molecular formula is C13H16N2S. The third-order valence-electron chi connectivity index (χ3n) is 2.48. The Hall–Kier alpha value is -1.19. The van der Waals surface area contributed by atoms with E-state index in [1.165, 1.54) is 10.6 Å². The van der Waals surface area contributed by atoms with Crippen molar-refractivity contribution < 1.29 is 0 Å². The molecule has 0 radical (unpaired) electrons. The molecule has 0 spiro atoms. The lowest BCUT2D eigenvalue weighted by atomic mass is 10.1. The van der Waals surface area contributed by atoms with Crippen molar-refractivity contribution in [1.82, 2.24) is 10.3 Å². The zero-order valence-corrected chi connectivity index (χ0v) is 10.2. The van der Waals surface area contributed by atoms with Gasteiger partial charge in [-0.15, -0.1) is 11.3 Å². The summed E-state index contributed by atoms with van der Waals surface area (Å²) in [6, 6.07) is 10.9. The summed E-state index contributed by atoms with van der Waals surface area (Å²) in [5.41, 5.74) is 1.35. The minimum absolute atomic E-state index is 0.340. The number of benzene rings is 1. The Morgan fingerprint density at radius 2 is 2.12 bits per heavy atom. The van der Waals surface area contributed by atoms with E-state index in [9.17, 15) is 0 Å². The summed E-state index contributed by atoms with van der Waals surface area (Å²) in [7, 11) is 0.